The molecule has 0 aliphatic rings. The molecule has 33 heavy (non-hydrogen) atoms. The molecule has 0 saturated heterocycles. The van der Waals surface area contributed by atoms with Crippen LogP contribution in [0, 0.1) is 0 Å². The van der Waals surface area contributed by atoms with Crippen LogP contribution in [0.15, 0.2) is 114 Å². The fourth-order valence-corrected chi connectivity index (χ4v) is 6.06. The summed E-state index contributed by atoms with van der Waals surface area (Å²) >= 11 is 1.61. The van der Waals surface area contributed by atoms with Crippen LogP contribution in [-0.4, -0.2) is 15.1 Å². The maximum atomic E-state index is 13.2. The van der Waals surface area contributed by atoms with E-state index < -0.39 is 11.0 Å². The quantitative estimate of drug-likeness (QED) is 0.286. The Morgan fingerprint density at radius 1 is 0.788 bits per heavy atom. The molecule has 2 N–H and O–H groups in total. The van der Waals surface area contributed by atoms with Gasteiger partial charge >= 0.3 is 0 Å². The van der Waals surface area contributed by atoms with Crippen LogP contribution in [0.4, 0.5) is 0 Å². The average molecular weight is 451 g/mol. The highest BCUT2D eigenvalue weighted by Gasteiger charge is 2.58. The summed E-state index contributed by atoms with van der Waals surface area (Å²) in [6, 6.07) is 30.9. The molecule has 0 aliphatic heterocycles. The van der Waals surface area contributed by atoms with Crippen LogP contribution in [0.25, 0.3) is 0 Å². The molecule has 0 bridgehead atoms. The lowest BCUT2D eigenvalue weighted by atomic mass is 9.56. The van der Waals surface area contributed by atoms with Gasteiger partial charge in [0.15, 0.2) is 5.60 Å². The summed E-state index contributed by atoms with van der Waals surface area (Å²) in [5.41, 5.74) is 2.53. The lowest BCUT2D eigenvalue weighted by molar-refractivity contribution is 0.0198. The highest BCUT2D eigenvalue weighted by atomic mass is 32.1. The summed E-state index contributed by atoms with van der Waals surface area (Å²) in [5, 5.41) is 17.4. The zero-order chi connectivity index (χ0) is 22.7. The molecule has 1 unspecified atom stereocenters. The summed E-state index contributed by atoms with van der Waals surface area (Å²) in [4.78, 5) is 7.94. The molecule has 164 valence electrons. The molecule has 0 spiro atoms. The van der Waals surface area contributed by atoms with Crippen LogP contribution in [0.2, 0.25) is 0 Å². The second-order valence-electron chi connectivity index (χ2n) is 8.16. The van der Waals surface area contributed by atoms with Gasteiger partial charge in [0, 0.05) is 18.0 Å². The number of hydrogen-bond acceptors (Lipinski definition) is 3. The SMILES string of the molecule is CCc1cscc1C(O)(c1ncc[nH]1)C(c1ccccc1)(c1ccccc1)c1ccccc1. The third-order valence-electron chi connectivity index (χ3n) is 6.52. The Morgan fingerprint density at radius 3 is 1.73 bits per heavy atom. The predicted octanol–water partition coefficient (Wildman–Crippen LogP) is 6.30. The van der Waals surface area contributed by atoms with Crippen LogP contribution < -0.4 is 0 Å². The number of nitrogens with one attached hydrogen (secondary N) is 1. The first-order valence-corrected chi connectivity index (χ1v) is 12.1. The van der Waals surface area contributed by atoms with Crippen molar-refractivity contribution in [3.05, 3.63) is 148 Å². The standard InChI is InChI=1S/C29H26N2OS/c1-2-22-20-33-21-26(22)29(32,27-30-18-19-31-27)28(23-12-6-3-7-13-23,24-14-8-4-9-15-24)25-16-10-5-11-17-25/h3-21,32H,2H2,1H3,(H,30,31). The molecule has 0 amide bonds. The number of rotatable bonds is 7. The van der Waals surface area contributed by atoms with Crippen molar-refractivity contribution in [3.8, 4) is 0 Å². The fourth-order valence-electron chi connectivity index (χ4n) is 5.08. The number of benzene rings is 3. The zero-order valence-electron chi connectivity index (χ0n) is 18.5. The summed E-state index contributed by atoms with van der Waals surface area (Å²) < 4.78 is 0. The molecule has 0 aliphatic carbocycles. The highest BCUT2D eigenvalue weighted by molar-refractivity contribution is 7.08. The van der Waals surface area contributed by atoms with E-state index in [2.05, 4.69) is 64.1 Å². The number of thiophene rings is 1. The van der Waals surface area contributed by atoms with Gasteiger partial charge in [-0.3, -0.25) is 0 Å². The van der Waals surface area contributed by atoms with Crippen molar-refractivity contribution < 1.29 is 5.11 Å². The van der Waals surface area contributed by atoms with Crippen molar-refractivity contribution in [2.75, 3.05) is 0 Å². The monoisotopic (exact) mass is 450 g/mol. The molecular weight excluding hydrogens is 424 g/mol. The summed E-state index contributed by atoms with van der Waals surface area (Å²) in [5.74, 6) is 0.521. The van der Waals surface area contributed by atoms with E-state index in [0.29, 0.717) is 5.82 Å². The van der Waals surface area contributed by atoms with Crippen molar-refractivity contribution in [1.82, 2.24) is 9.97 Å². The van der Waals surface area contributed by atoms with Gasteiger partial charge in [-0.25, -0.2) is 4.98 Å². The molecule has 3 nitrogen and oxygen atoms in total. The molecule has 0 saturated carbocycles. The van der Waals surface area contributed by atoms with E-state index >= 15 is 0 Å². The fraction of sp³-hybridized carbons (Fsp3) is 0.138. The normalized spacial score (nSPS) is 13.5. The van der Waals surface area contributed by atoms with Crippen LogP contribution in [0.1, 0.15) is 40.6 Å². The Bertz CT molecular complexity index is 1200. The highest BCUT2D eigenvalue weighted by Crippen LogP contribution is 2.55. The first kappa shape index (κ1) is 21.4. The van der Waals surface area contributed by atoms with E-state index in [0.717, 1.165) is 34.2 Å². The number of aliphatic hydroxyl groups is 1. The molecule has 0 fully saturated rings. The van der Waals surface area contributed by atoms with Crippen LogP contribution in [0.3, 0.4) is 0 Å². The van der Waals surface area contributed by atoms with E-state index in [4.69, 9.17) is 0 Å². The summed E-state index contributed by atoms with van der Waals surface area (Å²) in [6.45, 7) is 2.13. The minimum Gasteiger partial charge on any atom is -0.375 e. The maximum Gasteiger partial charge on any atom is 0.166 e. The van der Waals surface area contributed by atoms with Crippen LogP contribution in [0.5, 0.6) is 0 Å². The van der Waals surface area contributed by atoms with Crippen LogP contribution >= 0.6 is 11.3 Å². The van der Waals surface area contributed by atoms with Gasteiger partial charge in [0.1, 0.15) is 5.82 Å². The van der Waals surface area contributed by atoms with Gasteiger partial charge in [0.05, 0.1) is 5.41 Å². The molecule has 2 heterocycles. The summed E-state index contributed by atoms with van der Waals surface area (Å²) in [7, 11) is 0. The summed E-state index contributed by atoms with van der Waals surface area (Å²) in [6.07, 6.45) is 4.31. The second kappa shape index (κ2) is 8.81. The smallest absolute Gasteiger partial charge is 0.166 e. The van der Waals surface area contributed by atoms with Gasteiger partial charge in [-0.2, -0.15) is 11.3 Å². The van der Waals surface area contributed by atoms with E-state index in [-0.39, 0.29) is 0 Å². The third kappa shape index (κ3) is 3.26. The predicted molar refractivity (Wildman–Crippen MR) is 134 cm³/mol. The van der Waals surface area contributed by atoms with Gasteiger partial charge in [-0.15, -0.1) is 0 Å². The van der Waals surface area contributed by atoms with Crippen molar-refractivity contribution in [3.63, 3.8) is 0 Å². The second-order valence-corrected chi connectivity index (χ2v) is 8.90. The van der Waals surface area contributed by atoms with Crippen molar-refractivity contribution >= 4 is 11.3 Å². The molecule has 2 aromatic heterocycles. The maximum absolute atomic E-state index is 13.2. The van der Waals surface area contributed by atoms with Crippen LogP contribution in [-0.2, 0) is 17.4 Å². The number of nitrogens with zero attached hydrogens (tertiary/aromatic N) is 1. The minimum atomic E-state index is -1.49. The Morgan fingerprint density at radius 2 is 1.30 bits per heavy atom. The van der Waals surface area contributed by atoms with Gasteiger partial charge in [-0.1, -0.05) is 97.9 Å². The Hall–Kier alpha value is -3.47. The Balaban J connectivity index is 2.01. The number of H-pyrrole nitrogens is 1. The van der Waals surface area contributed by atoms with Gasteiger partial charge < -0.3 is 10.1 Å². The number of hydrogen-bond donors (Lipinski definition) is 2. The number of imidazole rings is 1. The molecule has 3 aromatic carbocycles. The van der Waals surface area contributed by atoms with Crippen molar-refractivity contribution in [2.24, 2.45) is 0 Å². The average Bonchev–Trinajstić information content (AvgIpc) is 3.59. The molecule has 4 heteroatoms. The zero-order valence-corrected chi connectivity index (χ0v) is 19.3. The Labute approximate surface area is 198 Å². The number of aromatic amines is 1. The van der Waals surface area contributed by atoms with Gasteiger partial charge in [-0.05, 0) is 39.4 Å². The van der Waals surface area contributed by atoms with E-state index in [1.165, 1.54) is 0 Å². The van der Waals surface area contributed by atoms with Crippen molar-refractivity contribution in [1.29, 1.82) is 0 Å². The topological polar surface area (TPSA) is 48.9 Å². The number of aromatic nitrogens is 2. The molecular formula is C29H26N2OS. The first-order valence-electron chi connectivity index (χ1n) is 11.2. The van der Waals surface area contributed by atoms with Gasteiger partial charge in [0.25, 0.3) is 0 Å². The van der Waals surface area contributed by atoms with E-state index in [1.807, 2.05) is 54.6 Å². The number of aryl methyl sites for hydroxylation is 1. The van der Waals surface area contributed by atoms with Gasteiger partial charge in [0.2, 0.25) is 0 Å². The molecule has 1 atom stereocenters. The third-order valence-corrected chi connectivity index (χ3v) is 7.31. The van der Waals surface area contributed by atoms with Crippen molar-refractivity contribution in [2.45, 2.75) is 24.4 Å². The lowest BCUT2D eigenvalue weighted by Crippen LogP contribution is -2.52. The molecule has 5 rings (SSSR count). The first-order chi connectivity index (χ1) is 16.2. The Kier molecular flexibility index (Phi) is 5.71. The molecule has 5 aromatic rings. The van der Waals surface area contributed by atoms with E-state index in [1.54, 1.807) is 23.7 Å². The largest absolute Gasteiger partial charge is 0.375 e. The molecule has 0 radical (unpaired) electrons. The lowest BCUT2D eigenvalue weighted by Gasteiger charge is -2.48. The minimum absolute atomic E-state index is 0.521. The van der Waals surface area contributed by atoms with E-state index in [9.17, 15) is 5.11 Å².